The smallest absolute Gasteiger partial charge is 0.423 e. The van der Waals surface area contributed by atoms with Gasteiger partial charge in [-0.3, -0.25) is 0 Å². The highest BCUT2D eigenvalue weighted by molar-refractivity contribution is 6.61. The third kappa shape index (κ3) is 1.67. The van der Waals surface area contributed by atoms with Crippen LogP contribution in [0, 0.1) is 0 Å². The van der Waals surface area contributed by atoms with E-state index in [-0.39, 0.29) is 0 Å². The molecular formula is C10H12BNO2. The molecule has 0 spiro atoms. The van der Waals surface area contributed by atoms with Gasteiger partial charge in [0.1, 0.15) is 0 Å². The van der Waals surface area contributed by atoms with Crippen molar-refractivity contribution in [3.8, 4) is 0 Å². The number of hydrogen-bond donors (Lipinski definition) is 2. The summed E-state index contributed by atoms with van der Waals surface area (Å²) in [6.45, 7) is 4.84. The van der Waals surface area contributed by atoms with Crippen molar-refractivity contribution in [3.05, 3.63) is 36.4 Å². The van der Waals surface area contributed by atoms with Gasteiger partial charge in [0, 0.05) is 12.2 Å². The lowest BCUT2D eigenvalue weighted by atomic mass is 9.79. The summed E-state index contributed by atoms with van der Waals surface area (Å²) in [5.74, 6) is 0. The molecule has 3 nitrogen and oxygen atoms in total. The number of rotatable bonds is 3. The first-order valence-corrected chi connectivity index (χ1v) is 4.58. The lowest BCUT2D eigenvalue weighted by Crippen LogP contribution is -2.28. The molecule has 72 valence electrons. The van der Waals surface area contributed by atoms with Gasteiger partial charge >= 0.3 is 7.12 Å². The van der Waals surface area contributed by atoms with Crippen LogP contribution >= 0.6 is 0 Å². The quantitative estimate of drug-likeness (QED) is 0.537. The molecule has 1 aliphatic heterocycles. The normalized spacial score (nSPS) is 13.9. The highest BCUT2D eigenvalue weighted by atomic mass is 16.5. The molecule has 0 aromatic heterocycles. The molecular weight excluding hydrogens is 177 g/mol. The lowest BCUT2D eigenvalue weighted by Gasteiger charge is -2.05. The second-order valence-corrected chi connectivity index (χ2v) is 3.25. The van der Waals surface area contributed by atoms with Crippen LogP contribution in [0.15, 0.2) is 30.9 Å². The second kappa shape index (κ2) is 3.86. The number of anilines is 1. The van der Waals surface area contributed by atoms with Crippen molar-refractivity contribution in [2.45, 2.75) is 6.61 Å². The fourth-order valence-electron chi connectivity index (χ4n) is 1.51. The fourth-order valence-corrected chi connectivity index (χ4v) is 1.51. The Hall–Kier alpha value is -1.26. The van der Waals surface area contributed by atoms with Gasteiger partial charge in [-0.2, -0.15) is 0 Å². The van der Waals surface area contributed by atoms with E-state index < -0.39 is 7.12 Å². The van der Waals surface area contributed by atoms with Crippen LogP contribution in [0.2, 0.25) is 0 Å². The summed E-state index contributed by atoms with van der Waals surface area (Å²) in [7, 11) is -0.768. The molecule has 2 N–H and O–H groups in total. The van der Waals surface area contributed by atoms with E-state index in [0.717, 1.165) is 23.3 Å². The van der Waals surface area contributed by atoms with Gasteiger partial charge in [0.2, 0.25) is 0 Å². The van der Waals surface area contributed by atoms with Crippen molar-refractivity contribution in [1.29, 1.82) is 0 Å². The Morgan fingerprint density at radius 2 is 2.50 bits per heavy atom. The van der Waals surface area contributed by atoms with Crippen molar-refractivity contribution in [1.82, 2.24) is 0 Å². The maximum atomic E-state index is 9.46. The molecule has 0 aliphatic carbocycles. The first kappa shape index (κ1) is 9.31. The van der Waals surface area contributed by atoms with E-state index in [1.54, 1.807) is 6.08 Å². The molecule has 14 heavy (non-hydrogen) atoms. The van der Waals surface area contributed by atoms with Gasteiger partial charge in [-0.1, -0.05) is 12.1 Å². The zero-order valence-electron chi connectivity index (χ0n) is 7.86. The second-order valence-electron chi connectivity index (χ2n) is 3.25. The molecule has 1 aliphatic rings. The van der Waals surface area contributed by atoms with E-state index in [9.17, 15) is 5.02 Å². The van der Waals surface area contributed by atoms with Crippen molar-refractivity contribution in [3.63, 3.8) is 0 Å². The average Bonchev–Trinajstić information content (AvgIpc) is 2.57. The number of nitrogens with one attached hydrogen (secondary N) is 1. The summed E-state index contributed by atoms with van der Waals surface area (Å²) in [5.41, 5.74) is 2.90. The predicted octanol–water partition coefficient (Wildman–Crippen LogP) is 0.502. The van der Waals surface area contributed by atoms with Crippen LogP contribution in [0.5, 0.6) is 0 Å². The van der Waals surface area contributed by atoms with E-state index in [4.69, 9.17) is 4.65 Å². The van der Waals surface area contributed by atoms with E-state index in [0.29, 0.717) is 6.61 Å². The first-order chi connectivity index (χ1) is 6.81. The van der Waals surface area contributed by atoms with E-state index in [2.05, 4.69) is 11.9 Å². The first-order valence-electron chi connectivity index (χ1n) is 4.58. The molecule has 0 atom stereocenters. The van der Waals surface area contributed by atoms with Crippen LogP contribution in [0.4, 0.5) is 5.69 Å². The molecule has 0 bridgehead atoms. The predicted molar refractivity (Wildman–Crippen MR) is 57.5 cm³/mol. The Bertz CT molecular complexity index is 354. The molecule has 0 fully saturated rings. The minimum atomic E-state index is -0.768. The lowest BCUT2D eigenvalue weighted by molar-refractivity contribution is 0.275. The van der Waals surface area contributed by atoms with Crippen molar-refractivity contribution >= 4 is 18.3 Å². The number of benzene rings is 1. The molecule has 0 unspecified atom stereocenters. The van der Waals surface area contributed by atoms with Crippen LogP contribution in [0.3, 0.4) is 0 Å². The third-order valence-electron chi connectivity index (χ3n) is 2.26. The molecule has 1 aromatic rings. The van der Waals surface area contributed by atoms with E-state index >= 15 is 0 Å². The summed E-state index contributed by atoms with van der Waals surface area (Å²) in [4.78, 5) is 0. The molecule has 0 radical (unpaired) electrons. The molecule has 0 saturated heterocycles. The molecule has 1 heterocycles. The minimum Gasteiger partial charge on any atom is -0.423 e. The van der Waals surface area contributed by atoms with Crippen LogP contribution in [0.25, 0.3) is 0 Å². The van der Waals surface area contributed by atoms with Gasteiger partial charge in [0.05, 0.1) is 6.61 Å². The Kier molecular flexibility index (Phi) is 2.57. The van der Waals surface area contributed by atoms with Crippen LogP contribution in [-0.2, 0) is 11.3 Å². The summed E-state index contributed by atoms with van der Waals surface area (Å²) < 4.78 is 5.09. The maximum Gasteiger partial charge on any atom is 0.491 e. The van der Waals surface area contributed by atoms with Gasteiger partial charge in [-0.25, -0.2) is 0 Å². The van der Waals surface area contributed by atoms with Crippen LogP contribution < -0.4 is 10.8 Å². The monoisotopic (exact) mass is 189 g/mol. The molecule has 0 amide bonds. The SMILES string of the molecule is C=CCNc1ccc2c(c1)B(O)OC2. The number of hydrogen-bond acceptors (Lipinski definition) is 3. The van der Waals surface area contributed by atoms with Gasteiger partial charge in [0.15, 0.2) is 0 Å². The molecule has 0 saturated carbocycles. The fraction of sp³-hybridized carbons (Fsp3) is 0.200. The number of fused-ring (bicyclic) bond motifs is 1. The molecule has 1 aromatic carbocycles. The van der Waals surface area contributed by atoms with E-state index in [1.165, 1.54) is 0 Å². The van der Waals surface area contributed by atoms with Gasteiger partial charge in [0.25, 0.3) is 0 Å². The Labute approximate surface area is 83.5 Å². The summed E-state index contributed by atoms with van der Waals surface area (Å²) in [6, 6.07) is 5.86. The summed E-state index contributed by atoms with van der Waals surface area (Å²) in [6.07, 6.45) is 1.79. The minimum absolute atomic E-state index is 0.498. The third-order valence-corrected chi connectivity index (χ3v) is 2.26. The van der Waals surface area contributed by atoms with Gasteiger partial charge in [-0.05, 0) is 23.2 Å². The van der Waals surface area contributed by atoms with Crippen molar-refractivity contribution < 1.29 is 9.68 Å². The standard InChI is InChI=1S/C10H12BNO2/c1-2-5-12-9-4-3-8-7-14-11(13)10(8)6-9/h2-4,6,12-13H,1,5,7H2. The highest BCUT2D eigenvalue weighted by Crippen LogP contribution is 2.14. The average molecular weight is 189 g/mol. The van der Waals surface area contributed by atoms with Crippen LogP contribution in [-0.4, -0.2) is 18.7 Å². The Balaban J connectivity index is 2.21. The van der Waals surface area contributed by atoms with Gasteiger partial charge in [-0.15, -0.1) is 6.58 Å². The summed E-state index contributed by atoms with van der Waals surface area (Å²) >= 11 is 0. The Morgan fingerprint density at radius 3 is 3.29 bits per heavy atom. The van der Waals surface area contributed by atoms with E-state index in [1.807, 2.05) is 18.2 Å². The van der Waals surface area contributed by atoms with Crippen molar-refractivity contribution in [2.24, 2.45) is 0 Å². The van der Waals surface area contributed by atoms with Crippen LogP contribution in [0.1, 0.15) is 5.56 Å². The van der Waals surface area contributed by atoms with Gasteiger partial charge < -0.3 is 15.0 Å². The highest BCUT2D eigenvalue weighted by Gasteiger charge is 2.26. The maximum absolute atomic E-state index is 9.46. The largest absolute Gasteiger partial charge is 0.491 e. The topological polar surface area (TPSA) is 41.5 Å². The van der Waals surface area contributed by atoms with Crippen molar-refractivity contribution in [2.75, 3.05) is 11.9 Å². The Morgan fingerprint density at radius 1 is 1.64 bits per heavy atom. The zero-order valence-corrected chi connectivity index (χ0v) is 7.86. The molecule has 4 heteroatoms. The zero-order chi connectivity index (χ0) is 9.97. The molecule has 2 rings (SSSR count). The summed E-state index contributed by atoms with van der Waals surface area (Å²) in [5, 5.41) is 12.6.